The van der Waals surface area contributed by atoms with Crippen molar-refractivity contribution in [3.63, 3.8) is 0 Å². The van der Waals surface area contributed by atoms with Crippen molar-refractivity contribution in [3.8, 4) is 0 Å². The third kappa shape index (κ3) is 3.03. The third-order valence-electron chi connectivity index (χ3n) is 2.22. The number of hydrogen-bond acceptors (Lipinski definition) is 2. The van der Waals surface area contributed by atoms with Crippen LogP contribution < -0.4 is 0 Å². The van der Waals surface area contributed by atoms with Crippen molar-refractivity contribution >= 4 is 29.3 Å². The molecule has 0 aliphatic rings. The molecule has 0 aliphatic heterocycles. The van der Waals surface area contributed by atoms with Gasteiger partial charge in [-0.05, 0) is 42.5 Å². The molecule has 2 aromatic rings. The highest BCUT2D eigenvalue weighted by atomic mass is 35.5. The molecule has 0 spiro atoms. The molecule has 92 valence electrons. The summed E-state index contributed by atoms with van der Waals surface area (Å²) in [5.41, 5.74) is -0.0621. The van der Waals surface area contributed by atoms with Gasteiger partial charge in [0.1, 0.15) is 5.82 Å². The van der Waals surface area contributed by atoms with Gasteiger partial charge in [0.2, 0.25) is 0 Å². The van der Waals surface area contributed by atoms with Crippen LogP contribution in [0.5, 0.6) is 0 Å². The van der Waals surface area contributed by atoms with Crippen LogP contribution in [0.15, 0.2) is 52.3 Å². The maximum Gasteiger partial charge on any atom is 0.335 e. The molecule has 18 heavy (non-hydrogen) atoms. The predicted molar refractivity (Wildman–Crippen MR) is 68.9 cm³/mol. The molecular weight excluding hydrogens is 275 g/mol. The van der Waals surface area contributed by atoms with Crippen molar-refractivity contribution in [2.75, 3.05) is 0 Å². The fourth-order valence-corrected chi connectivity index (χ4v) is 2.29. The molecule has 0 radical (unpaired) electrons. The molecule has 1 N–H and O–H groups in total. The van der Waals surface area contributed by atoms with E-state index in [1.807, 2.05) is 0 Å². The Morgan fingerprint density at radius 2 is 1.83 bits per heavy atom. The normalized spacial score (nSPS) is 10.3. The van der Waals surface area contributed by atoms with Gasteiger partial charge in [-0.25, -0.2) is 9.18 Å². The van der Waals surface area contributed by atoms with Gasteiger partial charge in [-0.2, -0.15) is 0 Å². The van der Waals surface area contributed by atoms with Gasteiger partial charge in [-0.3, -0.25) is 0 Å². The summed E-state index contributed by atoms with van der Waals surface area (Å²) in [5.74, 6) is -1.69. The molecule has 2 aromatic carbocycles. The number of carboxylic acid groups (broad SMARTS) is 1. The zero-order valence-electron chi connectivity index (χ0n) is 9.06. The number of hydrogen-bond donors (Lipinski definition) is 1. The predicted octanol–water partition coefficient (Wildman–Crippen LogP) is 4.33. The Morgan fingerprint density at radius 3 is 2.39 bits per heavy atom. The van der Waals surface area contributed by atoms with Crippen LogP contribution in [0.2, 0.25) is 5.02 Å². The number of benzene rings is 2. The average Bonchev–Trinajstić information content (AvgIpc) is 2.34. The molecule has 0 amide bonds. The first kappa shape index (κ1) is 12.9. The average molecular weight is 283 g/mol. The van der Waals surface area contributed by atoms with Crippen molar-refractivity contribution < 1.29 is 14.3 Å². The molecule has 0 aromatic heterocycles. The van der Waals surface area contributed by atoms with Crippen molar-refractivity contribution in [1.82, 2.24) is 0 Å². The summed E-state index contributed by atoms with van der Waals surface area (Å²) in [4.78, 5) is 11.9. The van der Waals surface area contributed by atoms with Crippen molar-refractivity contribution in [3.05, 3.63) is 58.9 Å². The minimum absolute atomic E-state index is 0.0621. The number of halogens is 2. The second kappa shape index (κ2) is 5.42. The summed E-state index contributed by atoms with van der Waals surface area (Å²) >= 11 is 6.97. The Labute approximate surface area is 112 Å². The van der Waals surface area contributed by atoms with E-state index in [0.29, 0.717) is 9.92 Å². The van der Waals surface area contributed by atoms with Gasteiger partial charge in [0.05, 0.1) is 5.56 Å². The lowest BCUT2D eigenvalue weighted by atomic mass is 10.2. The topological polar surface area (TPSA) is 37.3 Å². The summed E-state index contributed by atoms with van der Waals surface area (Å²) in [6.45, 7) is 0. The standard InChI is InChI=1S/C13H8ClFO2S/c14-9-2-4-10(5-3-9)18-12-6-1-8(13(16)17)7-11(12)15/h1-7H,(H,16,17). The van der Waals surface area contributed by atoms with Crippen molar-refractivity contribution in [2.45, 2.75) is 9.79 Å². The van der Waals surface area contributed by atoms with Gasteiger partial charge in [-0.1, -0.05) is 23.4 Å². The molecule has 0 aliphatic carbocycles. The Balaban J connectivity index is 2.24. The molecule has 0 bridgehead atoms. The van der Waals surface area contributed by atoms with Crippen LogP contribution in [0.3, 0.4) is 0 Å². The van der Waals surface area contributed by atoms with E-state index >= 15 is 0 Å². The summed E-state index contributed by atoms with van der Waals surface area (Å²) in [6, 6.07) is 10.8. The lowest BCUT2D eigenvalue weighted by Gasteiger charge is -2.04. The Bertz CT molecular complexity index is 584. The molecule has 0 heterocycles. The monoisotopic (exact) mass is 282 g/mol. The molecule has 0 atom stereocenters. The quantitative estimate of drug-likeness (QED) is 0.910. The van der Waals surface area contributed by atoms with Crippen molar-refractivity contribution in [2.24, 2.45) is 0 Å². The second-order valence-corrected chi connectivity index (χ2v) is 5.06. The van der Waals surface area contributed by atoms with Crippen LogP contribution in [0.25, 0.3) is 0 Å². The molecule has 2 nitrogen and oxygen atoms in total. The van der Waals surface area contributed by atoms with E-state index in [9.17, 15) is 9.18 Å². The number of aromatic carboxylic acids is 1. The number of rotatable bonds is 3. The minimum Gasteiger partial charge on any atom is -0.478 e. The molecule has 0 unspecified atom stereocenters. The minimum atomic E-state index is -1.14. The Hall–Kier alpha value is -1.52. The highest BCUT2D eigenvalue weighted by Gasteiger charge is 2.09. The van der Waals surface area contributed by atoms with Crippen LogP contribution in [0.1, 0.15) is 10.4 Å². The number of carbonyl (C=O) groups is 1. The highest BCUT2D eigenvalue weighted by Crippen LogP contribution is 2.30. The molecule has 0 saturated heterocycles. The molecular formula is C13H8ClFO2S. The van der Waals surface area contributed by atoms with E-state index in [4.69, 9.17) is 16.7 Å². The maximum atomic E-state index is 13.7. The lowest BCUT2D eigenvalue weighted by Crippen LogP contribution is -1.97. The van der Waals surface area contributed by atoms with Gasteiger partial charge in [0, 0.05) is 14.8 Å². The van der Waals surface area contributed by atoms with Crippen LogP contribution in [0.4, 0.5) is 4.39 Å². The fraction of sp³-hybridized carbons (Fsp3) is 0. The summed E-state index contributed by atoms with van der Waals surface area (Å²) in [5, 5.41) is 9.34. The van der Waals surface area contributed by atoms with Crippen LogP contribution in [-0.4, -0.2) is 11.1 Å². The van der Waals surface area contributed by atoms with E-state index in [2.05, 4.69) is 0 Å². The Kier molecular flexibility index (Phi) is 3.89. The maximum absolute atomic E-state index is 13.7. The largest absolute Gasteiger partial charge is 0.478 e. The first-order valence-electron chi connectivity index (χ1n) is 5.02. The van der Waals surface area contributed by atoms with Crippen LogP contribution >= 0.6 is 23.4 Å². The van der Waals surface area contributed by atoms with Gasteiger partial charge in [-0.15, -0.1) is 0 Å². The van der Waals surface area contributed by atoms with Gasteiger partial charge < -0.3 is 5.11 Å². The first-order valence-corrected chi connectivity index (χ1v) is 6.22. The van der Waals surface area contributed by atoms with E-state index in [-0.39, 0.29) is 5.56 Å². The zero-order chi connectivity index (χ0) is 13.1. The number of carboxylic acids is 1. The summed E-state index contributed by atoms with van der Waals surface area (Å²) < 4.78 is 13.7. The van der Waals surface area contributed by atoms with Crippen molar-refractivity contribution in [1.29, 1.82) is 0 Å². The van der Waals surface area contributed by atoms with E-state index in [0.717, 1.165) is 11.0 Å². The SMILES string of the molecule is O=C(O)c1ccc(Sc2ccc(Cl)cc2)c(F)c1. The van der Waals surface area contributed by atoms with E-state index in [1.165, 1.54) is 23.9 Å². The molecule has 0 saturated carbocycles. The third-order valence-corrected chi connectivity index (χ3v) is 3.53. The van der Waals surface area contributed by atoms with E-state index < -0.39 is 11.8 Å². The van der Waals surface area contributed by atoms with E-state index in [1.54, 1.807) is 24.3 Å². The molecule has 2 rings (SSSR count). The first-order chi connectivity index (χ1) is 8.56. The van der Waals surface area contributed by atoms with Gasteiger partial charge in [0.25, 0.3) is 0 Å². The highest BCUT2D eigenvalue weighted by molar-refractivity contribution is 7.99. The summed E-state index contributed by atoms with van der Waals surface area (Å²) in [7, 11) is 0. The Morgan fingerprint density at radius 1 is 1.17 bits per heavy atom. The van der Waals surface area contributed by atoms with Gasteiger partial charge in [0.15, 0.2) is 0 Å². The van der Waals surface area contributed by atoms with Crippen LogP contribution in [0, 0.1) is 5.82 Å². The lowest BCUT2D eigenvalue weighted by molar-refractivity contribution is 0.0696. The zero-order valence-corrected chi connectivity index (χ0v) is 10.6. The van der Waals surface area contributed by atoms with Crippen LogP contribution in [-0.2, 0) is 0 Å². The molecule has 0 fully saturated rings. The smallest absolute Gasteiger partial charge is 0.335 e. The second-order valence-electron chi connectivity index (χ2n) is 3.51. The molecule has 5 heteroatoms. The summed E-state index contributed by atoms with van der Waals surface area (Å²) in [6.07, 6.45) is 0. The van der Waals surface area contributed by atoms with Gasteiger partial charge >= 0.3 is 5.97 Å². The fourth-order valence-electron chi connectivity index (χ4n) is 1.35.